The van der Waals surface area contributed by atoms with E-state index in [1.165, 1.54) is 5.69 Å². The summed E-state index contributed by atoms with van der Waals surface area (Å²) in [4.78, 5) is 16.7. The Morgan fingerprint density at radius 3 is 2.12 bits per heavy atom. The Hall–Kier alpha value is -2.63. The van der Waals surface area contributed by atoms with Gasteiger partial charge in [-0.15, -0.1) is 10.2 Å². The summed E-state index contributed by atoms with van der Waals surface area (Å²) >= 11 is 0. The minimum absolute atomic E-state index is 0.194. The van der Waals surface area contributed by atoms with Crippen molar-refractivity contribution in [2.45, 2.75) is 26.3 Å². The first-order valence-corrected chi connectivity index (χ1v) is 8.63. The molecule has 2 heterocycles. The Labute approximate surface area is 148 Å². The largest absolute Gasteiger partial charge is 0.368 e. The second kappa shape index (κ2) is 7.09. The molecule has 0 saturated carbocycles. The van der Waals surface area contributed by atoms with E-state index in [-0.39, 0.29) is 11.4 Å². The molecule has 1 saturated heterocycles. The number of hydrogen-bond acceptors (Lipinski definition) is 5. The van der Waals surface area contributed by atoms with E-state index >= 15 is 0 Å². The Morgan fingerprint density at radius 2 is 1.56 bits per heavy atom. The van der Waals surface area contributed by atoms with Crippen molar-refractivity contribution in [1.29, 1.82) is 0 Å². The monoisotopic (exact) mass is 339 g/mol. The van der Waals surface area contributed by atoms with Crippen LogP contribution in [0.5, 0.6) is 0 Å². The zero-order valence-corrected chi connectivity index (χ0v) is 15.1. The molecule has 132 valence electrons. The first-order valence-electron chi connectivity index (χ1n) is 8.63. The third-order valence-electron chi connectivity index (χ3n) is 4.10. The van der Waals surface area contributed by atoms with Gasteiger partial charge in [0, 0.05) is 37.4 Å². The summed E-state index contributed by atoms with van der Waals surface area (Å²) in [5.74, 6) is 0.625. The van der Waals surface area contributed by atoms with Gasteiger partial charge in [-0.2, -0.15) is 0 Å². The topological polar surface area (TPSA) is 61.4 Å². The van der Waals surface area contributed by atoms with Crippen molar-refractivity contribution < 1.29 is 4.79 Å². The van der Waals surface area contributed by atoms with Crippen molar-refractivity contribution in [2.24, 2.45) is 0 Å². The number of benzene rings is 1. The molecule has 0 spiro atoms. The van der Waals surface area contributed by atoms with E-state index in [1.807, 2.05) is 32.9 Å². The quantitative estimate of drug-likeness (QED) is 0.930. The highest BCUT2D eigenvalue weighted by Gasteiger charge is 2.20. The summed E-state index contributed by atoms with van der Waals surface area (Å²) in [6.45, 7) is 9.49. The molecule has 1 N–H and O–H groups in total. The highest BCUT2D eigenvalue weighted by molar-refractivity contribution is 5.92. The highest BCUT2D eigenvalue weighted by atomic mass is 16.2. The van der Waals surface area contributed by atoms with Crippen LogP contribution in [0, 0.1) is 0 Å². The standard InChI is InChI=1S/C19H25N5O/c1-19(2,3)20-18(25)16-9-10-17(22-21-16)24-13-11-23(12-14-24)15-7-5-4-6-8-15/h4-10H,11-14H2,1-3H3,(H,20,25). The zero-order valence-electron chi connectivity index (χ0n) is 15.1. The SMILES string of the molecule is CC(C)(C)NC(=O)c1ccc(N2CCN(c3ccccc3)CC2)nn1. The number of nitrogens with one attached hydrogen (secondary N) is 1. The van der Waals surface area contributed by atoms with Crippen LogP contribution in [0.25, 0.3) is 0 Å². The van der Waals surface area contributed by atoms with E-state index in [1.54, 1.807) is 6.07 Å². The molecule has 3 rings (SSSR count). The number of anilines is 2. The predicted molar refractivity (Wildman–Crippen MR) is 100 cm³/mol. The molecule has 0 atom stereocenters. The number of carbonyl (C=O) groups is 1. The molecule has 1 aliphatic rings. The summed E-state index contributed by atoms with van der Waals surface area (Å²) in [7, 11) is 0. The molecule has 0 unspecified atom stereocenters. The Morgan fingerprint density at radius 1 is 0.920 bits per heavy atom. The summed E-state index contributed by atoms with van der Waals surface area (Å²) in [5.41, 5.74) is 1.31. The van der Waals surface area contributed by atoms with Gasteiger partial charge in [-0.05, 0) is 45.0 Å². The fraction of sp³-hybridized carbons (Fsp3) is 0.421. The first kappa shape index (κ1) is 17.2. The van der Waals surface area contributed by atoms with Gasteiger partial charge in [0.1, 0.15) is 0 Å². The molecule has 0 aliphatic carbocycles. The highest BCUT2D eigenvalue weighted by Crippen LogP contribution is 2.18. The number of para-hydroxylation sites is 1. The van der Waals surface area contributed by atoms with Gasteiger partial charge in [0.05, 0.1) is 0 Å². The fourth-order valence-electron chi connectivity index (χ4n) is 2.85. The summed E-state index contributed by atoms with van der Waals surface area (Å²) in [6.07, 6.45) is 0. The van der Waals surface area contributed by atoms with Gasteiger partial charge in [0.2, 0.25) is 0 Å². The number of amides is 1. The van der Waals surface area contributed by atoms with Gasteiger partial charge < -0.3 is 15.1 Å². The normalized spacial score (nSPS) is 15.2. The van der Waals surface area contributed by atoms with Crippen molar-refractivity contribution in [3.8, 4) is 0 Å². The van der Waals surface area contributed by atoms with Crippen LogP contribution in [-0.4, -0.2) is 47.8 Å². The van der Waals surface area contributed by atoms with E-state index in [2.05, 4.69) is 49.6 Å². The lowest BCUT2D eigenvalue weighted by atomic mass is 10.1. The van der Waals surface area contributed by atoms with Crippen LogP contribution < -0.4 is 15.1 Å². The minimum Gasteiger partial charge on any atom is -0.368 e. The third kappa shape index (κ3) is 4.47. The van der Waals surface area contributed by atoms with Crippen molar-refractivity contribution in [2.75, 3.05) is 36.0 Å². The van der Waals surface area contributed by atoms with E-state index in [9.17, 15) is 4.79 Å². The molecule has 6 heteroatoms. The second-order valence-corrected chi connectivity index (χ2v) is 7.29. The van der Waals surface area contributed by atoms with Crippen molar-refractivity contribution >= 4 is 17.4 Å². The number of carbonyl (C=O) groups excluding carboxylic acids is 1. The van der Waals surface area contributed by atoms with Crippen LogP contribution in [0.2, 0.25) is 0 Å². The van der Waals surface area contributed by atoms with Crippen molar-refractivity contribution in [3.05, 3.63) is 48.2 Å². The Kier molecular flexibility index (Phi) is 4.88. The molecule has 0 radical (unpaired) electrons. The van der Waals surface area contributed by atoms with Crippen molar-refractivity contribution in [1.82, 2.24) is 15.5 Å². The summed E-state index contributed by atoms with van der Waals surface area (Å²) < 4.78 is 0. The lowest BCUT2D eigenvalue weighted by Crippen LogP contribution is -2.47. The number of nitrogens with zero attached hydrogens (tertiary/aromatic N) is 4. The van der Waals surface area contributed by atoms with Gasteiger partial charge in [-0.1, -0.05) is 18.2 Å². The van der Waals surface area contributed by atoms with E-state index in [4.69, 9.17) is 0 Å². The fourth-order valence-corrected chi connectivity index (χ4v) is 2.85. The van der Waals surface area contributed by atoms with Gasteiger partial charge in [0.15, 0.2) is 11.5 Å². The molecule has 2 aromatic rings. The van der Waals surface area contributed by atoms with Crippen LogP contribution in [0.4, 0.5) is 11.5 Å². The molecule has 25 heavy (non-hydrogen) atoms. The van der Waals surface area contributed by atoms with Crippen LogP contribution in [0.3, 0.4) is 0 Å². The minimum atomic E-state index is -0.287. The lowest BCUT2D eigenvalue weighted by Gasteiger charge is -2.36. The number of rotatable bonds is 3. The molecule has 1 aromatic heterocycles. The van der Waals surface area contributed by atoms with Crippen LogP contribution >= 0.6 is 0 Å². The third-order valence-corrected chi connectivity index (χ3v) is 4.10. The molecular weight excluding hydrogens is 314 g/mol. The number of hydrogen-bond donors (Lipinski definition) is 1. The van der Waals surface area contributed by atoms with Crippen molar-refractivity contribution in [3.63, 3.8) is 0 Å². The Balaban J connectivity index is 1.60. The van der Waals surface area contributed by atoms with E-state index in [0.29, 0.717) is 5.69 Å². The second-order valence-electron chi connectivity index (χ2n) is 7.29. The van der Waals surface area contributed by atoms with Gasteiger partial charge >= 0.3 is 0 Å². The molecular formula is C19H25N5O. The maximum Gasteiger partial charge on any atom is 0.272 e. The zero-order chi connectivity index (χ0) is 17.9. The molecule has 1 aliphatic heterocycles. The predicted octanol–water partition coefficient (Wildman–Crippen LogP) is 2.33. The average molecular weight is 339 g/mol. The van der Waals surface area contributed by atoms with Crippen LogP contribution in [0.1, 0.15) is 31.3 Å². The lowest BCUT2D eigenvalue weighted by molar-refractivity contribution is 0.0913. The van der Waals surface area contributed by atoms with Gasteiger partial charge in [-0.25, -0.2) is 0 Å². The van der Waals surface area contributed by atoms with Crippen LogP contribution in [-0.2, 0) is 0 Å². The molecule has 1 aromatic carbocycles. The molecule has 6 nitrogen and oxygen atoms in total. The smallest absolute Gasteiger partial charge is 0.272 e. The molecule has 1 fully saturated rings. The first-order chi connectivity index (χ1) is 11.9. The van der Waals surface area contributed by atoms with Gasteiger partial charge in [-0.3, -0.25) is 4.79 Å². The molecule has 1 amide bonds. The summed E-state index contributed by atoms with van der Waals surface area (Å²) in [6, 6.07) is 14.1. The summed E-state index contributed by atoms with van der Waals surface area (Å²) in [5, 5.41) is 11.2. The molecule has 0 bridgehead atoms. The average Bonchev–Trinajstić information content (AvgIpc) is 2.61. The maximum atomic E-state index is 12.1. The number of aromatic nitrogens is 2. The maximum absolute atomic E-state index is 12.1. The van der Waals surface area contributed by atoms with E-state index < -0.39 is 0 Å². The number of piperazine rings is 1. The van der Waals surface area contributed by atoms with E-state index in [0.717, 1.165) is 32.0 Å². The Bertz CT molecular complexity index is 701. The van der Waals surface area contributed by atoms with Gasteiger partial charge in [0.25, 0.3) is 5.91 Å². The van der Waals surface area contributed by atoms with Crippen LogP contribution in [0.15, 0.2) is 42.5 Å².